The van der Waals surface area contributed by atoms with Gasteiger partial charge in [0.25, 0.3) is 6.01 Å². The SMILES string of the molecule is CC(=O)Oc1c(C(C)(C)C)cc(Nc2ccn(C)n2)cc1C(C)(C)C.CC(=O)Oc1c(C(C)(C)C)cc(Nc2ncco2)cc1C(C)(C)C. The summed E-state index contributed by atoms with van der Waals surface area (Å²) in [6, 6.07) is 10.4. The highest BCUT2D eigenvalue weighted by Gasteiger charge is 2.30. The fraction of sp³-hybridized carbons (Fsp3) is 0.487. The van der Waals surface area contributed by atoms with E-state index in [9.17, 15) is 9.59 Å². The summed E-state index contributed by atoms with van der Waals surface area (Å²) in [4.78, 5) is 27.5. The number of carbonyl (C=O) groups excluding carboxylic acids is 2. The molecule has 266 valence electrons. The standard InChI is InChI=1S/C20H29N3O2.C19H26N2O3/c1-13(24)25-18-15(19(2,3)4)11-14(12-16(18)20(5,6)7)21-17-9-10-23(8)22-17;1-12(22)24-16-14(18(2,3)4)10-13(11-15(16)19(5,6)7)21-17-20-8-9-23-17/h9-12H,1-8H3,(H,21,22);8-11H,1-7H3,(H,20,21). The summed E-state index contributed by atoms with van der Waals surface area (Å²) in [5.74, 6) is 1.46. The fourth-order valence-electron chi connectivity index (χ4n) is 5.18. The van der Waals surface area contributed by atoms with E-state index >= 15 is 0 Å². The summed E-state index contributed by atoms with van der Waals surface area (Å²) in [7, 11) is 1.89. The first kappa shape index (κ1) is 38.8. The molecule has 4 aromatic rings. The first-order valence-corrected chi connectivity index (χ1v) is 16.5. The monoisotopic (exact) mass is 673 g/mol. The Balaban J connectivity index is 0.000000266. The van der Waals surface area contributed by atoms with Gasteiger partial charge < -0.3 is 24.5 Å². The van der Waals surface area contributed by atoms with Crippen LogP contribution in [0.1, 0.15) is 119 Å². The molecule has 0 aliphatic carbocycles. The van der Waals surface area contributed by atoms with E-state index in [1.165, 1.54) is 20.1 Å². The number of anilines is 4. The minimum absolute atomic E-state index is 0.174. The molecule has 0 saturated carbocycles. The molecule has 0 spiro atoms. The van der Waals surface area contributed by atoms with Gasteiger partial charge in [-0.3, -0.25) is 14.3 Å². The van der Waals surface area contributed by atoms with Gasteiger partial charge in [-0.15, -0.1) is 0 Å². The van der Waals surface area contributed by atoms with Gasteiger partial charge in [-0.05, 0) is 45.9 Å². The molecule has 0 fully saturated rings. The third-order valence-corrected chi connectivity index (χ3v) is 7.57. The van der Waals surface area contributed by atoms with Crippen molar-refractivity contribution in [2.24, 2.45) is 7.05 Å². The number of hydrogen-bond acceptors (Lipinski definition) is 9. The summed E-state index contributed by atoms with van der Waals surface area (Å²) in [5, 5.41) is 10.9. The number of nitrogens with zero attached hydrogens (tertiary/aromatic N) is 3. The molecular weight excluding hydrogens is 618 g/mol. The van der Waals surface area contributed by atoms with E-state index in [1.54, 1.807) is 10.9 Å². The summed E-state index contributed by atoms with van der Waals surface area (Å²) in [5.41, 5.74) is 4.95. The molecule has 0 unspecified atom stereocenters. The van der Waals surface area contributed by atoms with Crippen molar-refractivity contribution in [2.75, 3.05) is 10.6 Å². The third-order valence-electron chi connectivity index (χ3n) is 7.57. The normalized spacial score (nSPS) is 12.1. The number of oxazole rings is 1. The maximum absolute atomic E-state index is 11.7. The first-order chi connectivity index (χ1) is 22.4. The zero-order chi connectivity index (χ0) is 37.1. The number of benzene rings is 2. The molecule has 2 aromatic carbocycles. The van der Waals surface area contributed by atoms with Crippen molar-refractivity contribution in [3.8, 4) is 11.5 Å². The second-order valence-electron chi connectivity index (χ2n) is 16.5. The lowest BCUT2D eigenvalue weighted by Gasteiger charge is -2.30. The number of rotatable bonds is 6. The molecule has 2 N–H and O–H groups in total. The molecule has 0 saturated heterocycles. The molecule has 10 nitrogen and oxygen atoms in total. The van der Waals surface area contributed by atoms with E-state index < -0.39 is 0 Å². The summed E-state index contributed by atoms with van der Waals surface area (Å²) in [6.07, 6.45) is 5.00. The minimum atomic E-state index is -0.320. The minimum Gasteiger partial charge on any atom is -0.432 e. The molecule has 0 atom stereocenters. The zero-order valence-corrected chi connectivity index (χ0v) is 32.0. The molecule has 10 heteroatoms. The van der Waals surface area contributed by atoms with Crippen molar-refractivity contribution in [1.82, 2.24) is 14.8 Å². The third kappa shape index (κ3) is 10.7. The lowest BCUT2D eigenvalue weighted by molar-refractivity contribution is -0.133. The van der Waals surface area contributed by atoms with E-state index in [2.05, 4.69) is 104 Å². The van der Waals surface area contributed by atoms with Gasteiger partial charge in [-0.1, -0.05) is 83.1 Å². The average Bonchev–Trinajstić information content (AvgIpc) is 3.58. The Labute approximate surface area is 292 Å². The number of aromatic nitrogens is 3. The predicted molar refractivity (Wildman–Crippen MR) is 197 cm³/mol. The van der Waals surface area contributed by atoms with Crippen molar-refractivity contribution in [1.29, 1.82) is 0 Å². The Morgan fingerprint density at radius 3 is 1.35 bits per heavy atom. The summed E-state index contributed by atoms with van der Waals surface area (Å²) in [6.45, 7) is 28.1. The van der Waals surface area contributed by atoms with E-state index in [-0.39, 0.29) is 33.6 Å². The van der Waals surface area contributed by atoms with Gasteiger partial charge in [0.15, 0.2) is 5.82 Å². The van der Waals surface area contributed by atoms with Gasteiger partial charge in [0.1, 0.15) is 17.8 Å². The largest absolute Gasteiger partial charge is 0.432 e. The van der Waals surface area contributed by atoms with Gasteiger partial charge >= 0.3 is 11.9 Å². The molecule has 4 rings (SSSR count). The van der Waals surface area contributed by atoms with Crippen LogP contribution in [0, 0.1) is 0 Å². The van der Waals surface area contributed by atoms with Crippen LogP contribution in [0.5, 0.6) is 11.5 Å². The molecule has 0 aliphatic heterocycles. The van der Waals surface area contributed by atoms with E-state index in [0.717, 1.165) is 39.4 Å². The van der Waals surface area contributed by atoms with Crippen molar-refractivity contribution in [2.45, 2.75) is 119 Å². The molecule has 49 heavy (non-hydrogen) atoms. The molecule has 0 amide bonds. The van der Waals surface area contributed by atoms with Crippen LogP contribution in [0.4, 0.5) is 23.2 Å². The summed E-state index contributed by atoms with van der Waals surface area (Å²) >= 11 is 0. The van der Waals surface area contributed by atoms with E-state index in [4.69, 9.17) is 13.9 Å². The summed E-state index contributed by atoms with van der Waals surface area (Å²) < 4.78 is 18.3. The number of ether oxygens (including phenoxy) is 2. The fourth-order valence-corrected chi connectivity index (χ4v) is 5.18. The Hall–Kier alpha value is -4.60. The molecule has 0 aliphatic rings. The number of carbonyl (C=O) groups is 2. The Morgan fingerprint density at radius 2 is 1.06 bits per heavy atom. The predicted octanol–water partition coefficient (Wildman–Crippen LogP) is 9.62. The lowest BCUT2D eigenvalue weighted by Crippen LogP contribution is -2.21. The van der Waals surface area contributed by atoms with Crippen LogP contribution in [0.2, 0.25) is 0 Å². The van der Waals surface area contributed by atoms with Gasteiger partial charge in [-0.25, -0.2) is 4.98 Å². The van der Waals surface area contributed by atoms with Gasteiger partial charge in [0, 0.05) is 66.8 Å². The van der Waals surface area contributed by atoms with E-state index in [0.29, 0.717) is 17.5 Å². The van der Waals surface area contributed by atoms with Crippen molar-refractivity contribution >= 4 is 35.1 Å². The van der Waals surface area contributed by atoms with Gasteiger partial charge in [-0.2, -0.15) is 5.10 Å². The zero-order valence-electron chi connectivity index (χ0n) is 32.0. The van der Waals surface area contributed by atoms with E-state index in [1.807, 2.05) is 43.6 Å². The van der Waals surface area contributed by atoms with Crippen LogP contribution >= 0.6 is 0 Å². The Kier molecular flexibility index (Phi) is 11.5. The number of nitrogens with one attached hydrogen (secondary N) is 2. The van der Waals surface area contributed by atoms with Crippen LogP contribution in [0.25, 0.3) is 0 Å². The highest BCUT2D eigenvalue weighted by Crippen LogP contribution is 2.44. The smallest absolute Gasteiger partial charge is 0.308 e. The molecule has 0 radical (unpaired) electrons. The molecular formula is C39H55N5O5. The highest BCUT2D eigenvalue weighted by molar-refractivity contribution is 5.74. The average molecular weight is 674 g/mol. The second kappa shape index (κ2) is 14.5. The van der Waals surface area contributed by atoms with Gasteiger partial charge in [0.05, 0.1) is 6.20 Å². The molecule has 2 aromatic heterocycles. The Morgan fingerprint density at radius 1 is 0.673 bits per heavy atom. The quantitative estimate of drug-likeness (QED) is 0.152. The van der Waals surface area contributed by atoms with Crippen molar-refractivity contribution in [3.63, 3.8) is 0 Å². The highest BCUT2D eigenvalue weighted by atomic mass is 16.5. The molecule has 0 bridgehead atoms. The maximum Gasteiger partial charge on any atom is 0.308 e. The van der Waals surface area contributed by atoms with Crippen LogP contribution < -0.4 is 20.1 Å². The van der Waals surface area contributed by atoms with Crippen LogP contribution in [0.15, 0.2) is 53.4 Å². The van der Waals surface area contributed by atoms with Crippen molar-refractivity contribution < 1.29 is 23.5 Å². The van der Waals surface area contributed by atoms with Gasteiger partial charge in [0.2, 0.25) is 0 Å². The van der Waals surface area contributed by atoms with Crippen LogP contribution in [-0.2, 0) is 38.3 Å². The van der Waals surface area contributed by atoms with Crippen molar-refractivity contribution in [3.05, 3.63) is 71.2 Å². The lowest BCUT2D eigenvalue weighted by atomic mass is 9.79. The number of esters is 2. The first-order valence-electron chi connectivity index (χ1n) is 16.5. The topological polar surface area (TPSA) is 121 Å². The van der Waals surface area contributed by atoms with Crippen LogP contribution in [-0.4, -0.2) is 26.7 Å². The second-order valence-corrected chi connectivity index (χ2v) is 16.5. The number of aryl methyl sites for hydroxylation is 1. The number of hydrogen-bond donors (Lipinski definition) is 2. The maximum atomic E-state index is 11.7. The molecule has 2 heterocycles. The Bertz CT molecular complexity index is 1690. The van der Waals surface area contributed by atoms with Crippen LogP contribution in [0.3, 0.4) is 0 Å².